The predicted molar refractivity (Wildman–Crippen MR) is 49.3 cm³/mol. The normalized spacial score (nSPS) is 14.9. The van der Waals surface area contributed by atoms with E-state index >= 15 is 0 Å². The average molecular weight is 215 g/mol. The molecule has 2 heterocycles. The molecule has 0 saturated carbocycles. The number of fused-ring (bicyclic) bond motifs is 1. The first-order chi connectivity index (χ1) is 6.68. The van der Waals surface area contributed by atoms with Crippen molar-refractivity contribution in [2.45, 2.75) is 13.0 Å². The molecule has 1 aliphatic heterocycles. The van der Waals surface area contributed by atoms with E-state index in [-0.39, 0.29) is 10.8 Å². The van der Waals surface area contributed by atoms with Crippen molar-refractivity contribution in [3.8, 4) is 0 Å². The zero-order valence-electron chi connectivity index (χ0n) is 7.20. The van der Waals surface area contributed by atoms with E-state index in [1.807, 2.05) is 0 Å². The number of rotatable bonds is 1. The third-order valence-electron chi connectivity index (χ3n) is 2.06. The molecule has 5 nitrogen and oxygen atoms in total. The molecule has 0 atom stereocenters. The Hall–Kier alpha value is -1.20. The molecule has 0 amide bonds. The van der Waals surface area contributed by atoms with Crippen LogP contribution in [0.25, 0.3) is 0 Å². The number of nitro groups is 1. The van der Waals surface area contributed by atoms with Crippen LogP contribution in [0.15, 0.2) is 6.07 Å². The molecule has 0 radical (unpaired) electrons. The van der Waals surface area contributed by atoms with Gasteiger partial charge in [-0.25, -0.2) is 4.98 Å². The minimum absolute atomic E-state index is 0.0457. The van der Waals surface area contributed by atoms with Gasteiger partial charge >= 0.3 is 5.69 Å². The quantitative estimate of drug-likeness (QED) is 0.406. The fourth-order valence-electron chi connectivity index (χ4n) is 1.38. The lowest BCUT2D eigenvalue weighted by atomic mass is 10.1. The van der Waals surface area contributed by atoms with Gasteiger partial charge in [0.05, 0.1) is 23.8 Å². The molecule has 0 fully saturated rings. The first-order valence-electron chi connectivity index (χ1n) is 4.09. The van der Waals surface area contributed by atoms with Gasteiger partial charge in [-0.1, -0.05) is 11.6 Å². The first-order valence-corrected chi connectivity index (χ1v) is 4.46. The summed E-state index contributed by atoms with van der Waals surface area (Å²) in [5.74, 6) is 0. The van der Waals surface area contributed by atoms with Crippen molar-refractivity contribution in [2.75, 3.05) is 6.61 Å². The summed E-state index contributed by atoms with van der Waals surface area (Å²) in [5.41, 5.74) is 1.40. The molecule has 0 aliphatic carbocycles. The average Bonchev–Trinajstić information content (AvgIpc) is 2.16. The second-order valence-corrected chi connectivity index (χ2v) is 3.32. The summed E-state index contributed by atoms with van der Waals surface area (Å²) in [6.07, 6.45) is 0.660. The minimum Gasteiger partial charge on any atom is -0.376 e. The van der Waals surface area contributed by atoms with Crippen molar-refractivity contribution in [1.29, 1.82) is 0 Å². The van der Waals surface area contributed by atoms with E-state index in [2.05, 4.69) is 4.98 Å². The van der Waals surface area contributed by atoms with E-state index < -0.39 is 4.92 Å². The van der Waals surface area contributed by atoms with E-state index in [1.165, 1.54) is 6.07 Å². The minimum atomic E-state index is -0.537. The van der Waals surface area contributed by atoms with E-state index in [4.69, 9.17) is 16.3 Å². The van der Waals surface area contributed by atoms with E-state index in [1.54, 1.807) is 0 Å². The lowest BCUT2D eigenvalue weighted by molar-refractivity contribution is -0.385. The van der Waals surface area contributed by atoms with Crippen LogP contribution in [-0.4, -0.2) is 16.5 Å². The van der Waals surface area contributed by atoms with Crippen molar-refractivity contribution in [2.24, 2.45) is 0 Å². The Kier molecular flexibility index (Phi) is 2.35. The van der Waals surface area contributed by atoms with Gasteiger partial charge in [0.1, 0.15) is 0 Å². The highest BCUT2D eigenvalue weighted by molar-refractivity contribution is 6.31. The van der Waals surface area contributed by atoms with Crippen LogP contribution in [-0.2, 0) is 17.8 Å². The Bertz CT molecular complexity index is 394. The van der Waals surface area contributed by atoms with Crippen molar-refractivity contribution >= 4 is 17.3 Å². The SMILES string of the molecule is O=[N+]([O-])c1cc2c(nc1Cl)CCOC2. The summed E-state index contributed by atoms with van der Waals surface area (Å²) in [6.45, 7) is 0.967. The molecule has 0 bridgehead atoms. The molecule has 1 aliphatic rings. The van der Waals surface area contributed by atoms with Gasteiger partial charge in [0.15, 0.2) is 0 Å². The monoisotopic (exact) mass is 214 g/mol. The van der Waals surface area contributed by atoms with Crippen LogP contribution < -0.4 is 0 Å². The Morgan fingerprint density at radius 1 is 1.64 bits per heavy atom. The van der Waals surface area contributed by atoms with Gasteiger partial charge in [0.25, 0.3) is 0 Å². The van der Waals surface area contributed by atoms with Crippen molar-refractivity contribution in [1.82, 2.24) is 4.98 Å². The number of aromatic nitrogens is 1. The van der Waals surface area contributed by atoms with Crippen LogP contribution in [0.3, 0.4) is 0 Å². The number of halogens is 1. The van der Waals surface area contributed by atoms with E-state index in [0.29, 0.717) is 19.6 Å². The van der Waals surface area contributed by atoms with Gasteiger partial charge in [-0.2, -0.15) is 0 Å². The number of nitrogens with zero attached hydrogens (tertiary/aromatic N) is 2. The Balaban J connectivity index is 2.50. The fourth-order valence-corrected chi connectivity index (χ4v) is 1.60. The highest BCUT2D eigenvalue weighted by atomic mass is 35.5. The smallest absolute Gasteiger partial charge is 0.306 e. The lowest BCUT2D eigenvalue weighted by Gasteiger charge is -2.14. The highest BCUT2D eigenvalue weighted by Crippen LogP contribution is 2.27. The van der Waals surface area contributed by atoms with Crippen LogP contribution in [0.4, 0.5) is 5.69 Å². The largest absolute Gasteiger partial charge is 0.376 e. The summed E-state index contributed by atoms with van der Waals surface area (Å²) in [6, 6.07) is 1.43. The molecule has 1 aromatic rings. The zero-order valence-corrected chi connectivity index (χ0v) is 7.95. The van der Waals surface area contributed by atoms with E-state index in [0.717, 1.165) is 11.3 Å². The van der Waals surface area contributed by atoms with Gasteiger partial charge in [0.2, 0.25) is 5.15 Å². The number of hydrogen-bond donors (Lipinski definition) is 0. The molecular weight excluding hydrogens is 208 g/mol. The molecule has 0 spiro atoms. The Morgan fingerprint density at radius 2 is 2.43 bits per heavy atom. The number of ether oxygens (including phenoxy) is 1. The van der Waals surface area contributed by atoms with Crippen LogP contribution in [0.2, 0.25) is 5.15 Å². The summed E-state index contributed by atoms with van der Waals surface area (Å²) in [7, 11) is 0. The topological polar surface area (TPSA) is 65.3 Å². The van der Waals surface area contributed by atoms with Gasteiger partial charge in [-0.15, -0.1) is 0 Å². The molecule has 6 heteroatoms. The Labute approximate surface area is 84.8 Å². The molecule has 1 aromatic heterocycles. The van der Waals surface area contributed by atoms with Gasteiger partial charge in [0, 0.05) is 18.1 Å². The molecule has 14 heavy (non-hydrogen) atoms. The van der Waals surface area contributed by atoms with E-state index in [9.17, 15) is 10.1 Å². The standard InChI is InChI=1S/C8H7ClN2O3/c9-8-7(11(12)13)3-5-4-14-2-1-6(5)10-8/h3H,1-2,4H2. The van der Waals surface area contributed by atoms with Gasteiger partial charge < -0.3 is 4.74 Å². The number of hydrogen-bond acceptors (Lipinski definition) is 4. The van der Waals surface area contributed by atoms with Crippen molar-refractivity contribution in [3.63, 3.8) is 0 Å². The highest BCUT2D eigenvalue weighted by Gasteiger charge is 2.20. The van der Waals surface area contributed by atoms with Crippen LogP contribution in [0.5, 0.6) is 0 Å². The van der Waals surface area contributed by atoms with Crippen LogP contribution >= 0.6 is 11.6 Å². The molecule has 2 rings (SSSR count). The third-order valence-corrected chi connectivity index (χ3v) is 2.34. The summed E-state index contributed by atoms with van der Waals surface area (Å²) >= 11 is 5.66. The summed E-state index contributed by atoms with van der Waals surface area (Å²) < 4.78 is 5.16. The summed E-state index contributed by atoms with van der Waals surface area (Å²) in [5, 5.41) is 10.5. The maximum atomic E-state index is 10.5. The molecule has 0 N–H and O–H groups in total. The molecule has 0 aromatic carbocycles. The maximum absolute atomic E-state index is 10.5. The molecule has 0 unspecified atom stereocenters. The third kappa shape index (κ3) is 1.56. The molecule has 0 saturated heterocycles. The number of pyridine rings is 1. The molecule has 74 valence electrons. The molecular formula is C8H7ClN2O3. The zero-order chi connectivity index (χ0) is 10.1. The van der Waals surface area contributed by atoms with Gasteiger partial charge in [-0.3, -0.25) is 10.1 Å². The second-order valence-electron chi connectivity index (χ2n) is 2.96. The van der Waals surface area contributed by atoms with Crippen LogP contribution in [0, 0.1) is 10.1 Å². The first kappa shape index (κ1) is 9.36. The van der Waals surface area contributed by atoms with Crippen LogP contribution in [0.1, 0.15) is 11.3 Å². The van der Waals surface area contributed by atoms with Crippen molar-refractivity contribution in [3.05, 3.63) is 32.6 Å². The predicted octanol–water partition coefficient (Wildman–Crippen LogP) is 1.72. The lowest BCUT2D eigenvalue weighted by Crippen LogP contribution is -2.12. The van der Waals surface area contributed by atoms with Crippen molar-refractivity contribution < 1.29 is 9.66 Å². The summed E-state index contributed by atoms with van der Waals surface area (Å²) in [4.78, 5) is 14.0. The fraction of sp³-hybridized carbons (Fsp3) is 0.375. The second kappa shape index (κ2) is 3.51. The maximum Gasteiger partial charge on any atom is 0.306 e. The Morgan fingerprint density at radius 3 is 3.14 bits per heavy atom. The van der Waals surface area contributed by atoms with Gasteiger partial charge in [-0.05, 0) is 0 Å².